The fraction of sp³-hybridized carbons (Fsp3) is 0.647. The molecule has 3 rings (SSSR count). The Bertz CT molecular complexity index is 483. The van der Waals surface area contributed by atoms with Crippen LogP contribution in [0.2, 0.25) is 5.02 Å². The van der Waals surface area contributed by atoms with E-state index in [1.807, 2.05) is 12.1 Å². The van der Waals surface area contributed by atoms with E-state index in [4.69, 9.17) is 27.9 Å². The van der Waals surface area contributed by atoms with Crippen LogP contribution in [-0.2, 0) is 0 Å². The van der Waals surface area contributed by atoms with Crippen molar-refractivity contribution >= 4 is 23.2 Å². The number of alkyl halides is 1. The molecule has 1 aromatic carbocycles. The number of aryl methyl sites for hydroxylation is 2. The maximum Gasteiger partial charge on any atom is 0.125 e. The number of benzene rings is 1. The van der Waals surface area contributed by atoms with Crippen molar-refractivity contribution in [3.8, 4) is 5.75 Å². The van der Waals surface area contributed by atoms with Gasteiger partial charge in [-0.1, -0.05) is 30.9 Å². The molecule has 2 fully saturated rings. The Morgan fingerprint density at radius 3 is 2.25 bits per heavy atom. The minimum Gasteiger partial charge on any atom is -0.489 e. The summed E-state index contributed by atoms with van der Waals surface area (Å²) in [5.74, 6) is 1.01. The summed E-state index contributed by atoms with van der Waals surface area (Å²) >= 11 is 12.6. The lowest BCUT2D eigenvalue weighted by molar-refractivity contribution is -0.0656. The van der Waals surface area contributed by atoms with Crippen LogP contribution in [0.1, 0.15) is 49.7 Å². The second-order valence-electron chi connectivity index (χ2n) is 6.47. The van der Waals surface area contributed by atoms with Crippen molar-refractivity contribution in [2.45, 2.75) is 63.9 Å². The van der Waals surface area contributed by atoms with Gasteiger partial charge >= 0.3 is 0 Å². The highest BCUT2D eigenvalue weighted by atomic mass is 35.5. The molecule has 0 aliphatic heterocycles. The van der Waals surface area contributed by atoms with Crippen LogP contribution in [0.5, 0.6) is 5.75 Å². The van der Waals surface area contributed by atoms with E-state index in [2.05, 4.69) is 13.8 Å². The van der Waals surface area contributed by atoms with Crippen LogP contribution in [0.15, 0.2) is 12.1 Å². The molecule has 1 nitrogen and oxygen atoms in total. The van der Waals surface area contributed by atoms with Crippen LogP contribution in [0.4, 0.5) is 0 Å². The van der Waals surface area contributed by atoms with E-state index in [1.165, 1.54) is 32.1 Å². The molecule has 20 heavy (non-hydrogen) atoms. The predicted molar refractivity (Wildman–Crippen MR) is 85.1 cm³/mol. The number of hydrogen-bond acceptors (Lipinski definition) is 1. The molecule has 1 spiro atoms. The van der Waals surface area contributed by atoms with Crippen LogP contribution in [-0.4, -0.2) is 11.5 Å². The van der Waals surface area contributed by atoms with Gasteiger partial charge in [0.25, 0.3) is 0 Å². The quantitative estimate of drug-likeness (QED) is 0.640. The van der Waals surface area contributed by atoms with Gasteiger partial charge in [-0.05, 0) is 49.9 Å². The highest BCUT2D eigenvalue weighted by molar-refractivity contribution is 6.30. The topological polar surface area (TPSA) is 9.23 Å². The average molecular weight is 313 g/mol. The van der Waals surface area contributed by atoms with E-state index in [0.29, 0.717) is 5.38 Å². The van der Waals surface area contributed by atoms with Gasteiger partial charge in [-0.3, -0.25) is 0 Å². The summed E-state index contributed by atoms with van der Waals surface area (Å²) in [5, 5.41) is 1.07. The van der Waals surface area contributed by atoms with Crippen molar-refractivity contribution in [1.82, 2.24) is 0 Å². The molecular weight excluding hydrogens is 291 g/mol. The third kappa shape index (κ3) is 2.33. The van der Waals surface area contributed by atoms with Crippen LogP contribution in [0, 0.1) is 19.3 Å². The molecule has 2 atom stereocenters. The van der Waals surface area contributed by atoms with E-state index in [1.54, 1.807) is 0 Å². The van der Waals surface area contributed by atoms with Crippen LogP contribution < -0.4 is 4.74 Å². The zero-order valence-corrected chi connectivity index (χ0v) is 13.7. The Balaban J connectivity index is 1.82. The summed E-state index contributed by atoms with van der Waals surface area (Å²) in [4.78, 5) is 0. The van der Waals surface area contributed by atoms with E-state index < -0.39 is 0 Å². The van der Waals surface area contributed by atoms with Crippen molar-refractivity contribution in [2.75, 3.05) is 0 Å². The second kappa shape index (κ2) is 5.42. The Hall–Kier alpha value is -0.400. The molecular formula is C17H22Cl2O. The summed E-state index contributed by atoms with van der Waals surface area (Å²) in [6, 6.07) is 3.96. The molecule has 0 amide bonds. The number of rotatable bonds is 2. The van der Waals surface area contributed by atoms with Crippen LogP contribution in [0.25, 0.3) is 0 Å². The maximum atomic E-state index is 6.55. The first-order chi connectivity index (χ1) is 9.53. The third-order valence-electron chi connectivity index (χ3n) is 5.16. The first-order valence-corrected chi connectivity index (χ1v) is 8.42. The van der Waals surface area contributed by atoms with Gasteiger partial charge in [0.15, 0.2) is 0 Å². The summed E-state index contributed by atoms with van der Waals surface area (Å²) in [6.07, 6.45) is 7.63. The Morgan fingerprint density at radius 2 is 1.70 bits per heavy atom. The normalized spacial score (nSPS) is 28.2. The lowest BCUT2D eigenvalue weighted by Gasteiger charge is -2.55. The molecule has 2 aliphatic rings. The van der Waals surface area contributed by atoms with Gasteiger partial charge in [0, 0.05) is 22.2 Å². The lowest BCUT2D eigenvalue weighted by atomic mass is 9.58. The fourth-order valence-corrected chi connectivity index (χ4v) is 4.78. The number of hydrogen-bond donors (Lipinski definition) is 0. The highest BCUT2D eigenvalue weighted by Crippen LogP contribution is 2.56. The Kier molecular flexibility index (Phi) is 3.94. The number of ether oxygens (including phenoxy) is 1. The largest absolute Gasteiger partial charge is 0.489 e. The monoisotopic (exact) mass is 312 g/mol. The lowest BCUT2D eigenvalue weighted by Crippen LogP contribution is -2.58. The van der Waals surface area contributed by atoms with Gasteiger partial charge < -0.3 is 4.74 Å². The molecule has 2 aliphatic carbocycles. The van der Waals surface area contributed by atoms with Crippen molar-refractivity contribution < 1.29 is 4.74 Å². The maximum absolute atomic E-state index is 6.55. The number of halogens is 2. The predicted octanol–water partition coefficient (Wildman–Crippen LogP) is 5.67. The summed E-state index contributed by atoms with van der Waals surface area (Å²) < 4.78 is 6.39. The third-order valence-corrected chi connectivity index (χ3v) is 5.99. The van der Waals surface area contributed by atoms with Gasteiger partial charge in [-0.15, -0.1) is 11.6 Å². The van der Waals surface area contributed by atoms with E-state index >= 15 is 0 Å². The van der Waals surface area contributed by atoms with Crippen molar-refractivity contribution in [1.29, 1.82) is 0 Å². The summed E-state index contributed by atoms with van der Waals surface area (Å²) in [5.41, 5.74) is 2.47. The molecule has 0 bridgehead atoms. The van der Waals surface area contributed by atoms with Crippen molar-refractivity contribution in [3.05, 3.63) is 28.3 Å². The smallest absolute Gasteiger partial charge is 0.125 e. The van der Waals surface area contributed by atoms with E-state index in [9.17, 15) is 0 Å². The second-order valence-corrected chi connectivity index (χ2v) is 7.44. The summed E-state index contributed by atoms with van der Waals surface area (Å²) in [6.45, 7) is 4.14. The molecule has 0 heterocycles. The fourth-order valence-electron chi connectivity index (χ4n) is 3.93. The standard InChI is InChI=1S/C17H22Cl2O/c1-11-8-13(18)9-12(2)16(11)20-15-10-14(19)17(15)6-4-3-5-7-17/h8-9,14-15H,3-7,10H2,1-2H3. The van der Waals surface area contributed by atoms with Crippen molar-refractivity contribution in [3.63, 3.8) is 0 Å². The zero-order valence-electron chi connectivity index (χ0n) is 12.2. The first-order valence-electron chi connectivity index (χ1n) is 7.60. The molecule has 0 radical (unpaired) electrons. The van der Waals surface area contributed by atoms with Gasteiger partial charge in [-0.25, -0.2) is 0 Å². The minimum absolute atomic E-state index is 0.221. The SMILES string of the molecule is Cc1cc(Cl)cc(C)c1OC1CC(Cl)C12CCCCC2. The molecule has 3 heteroatoms. The minimum atomic E-state index is 0.221. The van der Waals surface area contributed by atoms with Crippen LogP contribution in [0.3, 0.4) is 0 Å². The molecule has 0 N–H and O–H groups in total. The van der Waals surface area contributed by atoms with Gasteiger partial charge in [0.1, 0.15) is 11.9 Å². The van der Waals surface area contributed by atoms with Gasteiger partial charge in [-0.2, -0.15) is 0 Å². The summed E-state index contributed by atoms with van der Waals surface area (Å²) in [7, 11) is 0. The van der Waals surface area contributed by atoms with E-state index in [0.717, 1.165) is 28.3 Å². The van der Waals surface area contributed by atoms with Crippen LogP contribution >= 0.6 is 23.2 Å². The average Bonchev–Trinajstić information content (AvgIpc) is 2.42. The Labute approximate surface area is 131 Å². The first kappa shape index (κ1) is 14.5. The van der Waals surface area contributed by atoms with Gasteiger partial charge in [0.2, 0.25) is 0 Å². The van der Waals surface area contributed by atoms with Crippen molar-refractivity contribution in [2.24, 2.45) is 5.41 Å². The highest BCUT2D eigenvalue weighted by Gasteiger charge is 2.56. The molecule has 0 saturated heterocycles. The molecule has 1 aromatic rings. The molecule has 2 saturated carbocycles. The van der Waals surface area contributed by atoms with Gasteiger partial charge in [0.05, 0.1) is 0 Å². The molecule has 0 aromatic heterocycles. The molecule has 110 valence electrons. The zero-order chi connectivity index (χ0) is 14.3. The molecule has 2 unspecified atom stereocenters. The Morgan fingerprint density at radius 1 is 1.10 bits per heavy atom. The van der Waals surface area contributed by atoms with E-state index in [-0.39, 0.29) is 11.5 Å².